The van der Waals surface area contributed by atoms with Gasteiger partial charge in [0, 0.05) is 38.3 Å². The molecule has 6 heteroatoms. The van der Waals surface area contributed by atoms with Crippen molar-refractivity contribution >= 4 is 17.5 Å². The number of rotatable bonds is 4. The van der Waals surface area contributed by atoms with E-state index >= 15 is 0 Å². The van der Waals surface area contributed by atoms with Crippen LogP contribution in [-0.2, 0) is 11.3 Å². The van der Waals surface area contributed by atoms with Crippen LogP contribution in [0.5, 0.6) is 11.5 Å². The molecule has 5 nitrogen and oxygen atoms in total. The van der Waals surface area contributed by atoms with Crippen molar-refractivity contribution in [2.45, 2.75) is 25.8 Å². The van der Waals surface area contributed by atoms with Gasteiger partial charge in [0.05, 0.1) is 24.7 Å². The molecule has 0 saturated carbocycles. The Kier molecular flexibility index (Phi) is 4.92. The first kappa shape index (κ1) is 17.4. The molecule has 2 saturated heterocycles. The molecule has 2 heterocycles. The molecule has 3 rings (SSSR count). The van der Waals surface area contributed by atoms with Crippen LogP contribution >= 0.6 is 11.6 Å². The van der Waals surface area contributed by atoms with Crippen molar-refractivity contribution < 1.29 is 14.3 Å². The number of amides is 1. The minimum atomic E-state index is -0.209. The summed E-state index contributed by atoms with van der Waals surface area (Å²) in [6.07, 6.45) is 3.00. The summed E-state index contributed by atoms with van der Waals surface area (Å²) in [4.78, 5) is 16.8. The van der Waals surface area contributed by atoms with Crippen LogP contribution in [0.2, 0.25) is 5.02 Å². The van der Waals surface area contributed by atoms with Gasteiger partial charge in [0.25, 0.3) is 0 Å². The number of piperidine rings is 1. The second kappa shape index (κ2) is 6.81. The van der Waals surface area contributed by atoms with E-state index in [1.807, 2.05) is 24.1 Å². The maximum absolute atomic E-state index is 12.7. The Balaban J connectivity index is 1.77. The van der Waals surface area contributed by atoms with Crippen LogP contribution in [-0.4, -0.2) is 56.6 Å². The van der Waals surface area contributed by atoms with Crippen molar-refractivity contribution in [2.75, 3.05) is 40.9 Å². The maximum Gasteiger partial charge on any atom is 0.229 e. The lowest BCUT2D eigenvalue weighted by atomic mass is 9.78. The third-order valence-corrected chi connectivity index (χ3v) is 5.68. The predicted molar refractivity (Wildman–Crippen MR) is 93.8 cm³/mol. The van der Waals surface area contributed by atoms with E-state index in [4.69, 9.17) is 21.1 Å². The first-order valence-electron chi connectivity index (χ1n) is 8.37. The third-order valence-electron chi connectivity index (χ3n) is 5.35. The molecule has 1 spiro atoms. The van der Waals surface area contributed by atoms with E-state index < -0.39 is 0 Å². The van der Waals surface area contributed by atoms with E-state index in [9.17, 15) is 4.79 Å². The highest BCUT2D eigenvalue weighted by molar-refractivity contribution is 6.31. The molecule has 0 bridgehead atoms. The van der Waals surface area contributed by atoms with Crippen LogP contribution in [0.15, 0.2) is 12.1 Å². The Labute approximate surface area is 148 Å². The fourth-order valence-corrected chi connectivity index (χ4v) is 4.26. The standard InChI is InChI=1S/C18H25ClN2O3/c1-20-7-4-5-18(17(20)22)6-8-21(12-18)11-14-15(19)9-13(23-2)10-16(14)24-3/h9-10H,4-8,11-12H2,1-3H3/t18-/m1/s1. The van der Waals surface area contributed by atoms with E-state index in [0.717, 1.165) is 50.2 Å². The lowest BCUT2D eigenvalue weighted by Gasteiger charge is -2.37. The molecule has 1 atom stereocenters. The number of likely N-dealkylation sites (tertiary alicyclic amines) is 2. The Morgan fingerprint density at radius 3 is 2.71 bits per heavy atom. The minimum Gasteiger partial charge on any atom is -0.497 e. The highest BCUT2D eigenvalue weighted by Crippen LogP contribution is 2.41. The Bertz CT molecular complexity index is 637. The van der Waals surface area contributed by atoms with Gasteiger partial charge in [-0.05, 0) is 31.9 Å². The van der Waals surface area contributed by atoms with Gasteiger partial charge in [-0.25, -0.2) is 0 Å². The summed E-state index contributed by atoms with van der Waals surface area (Å²) in [5.41, 5.74) is 0.743. The fraction of sp³-hybridized carbons (Fsp3) is 0.611. The molecular weight excluding hydrogens is 328 g/mol. The van der Waals surface area contributed by atoms with Gasteiger partial charge in [-0.1, -0.05) is 11.6 Å². The van der Waals surface area contributed by atoms with Gasteiger partial charge in [0.2, 0.25) is 5.91 Å². The molecule has 2 aliphatic heterocycles. The summed E-state index contributed by atoms with van der Waals surface area (Å²) in [5.74, 6) is 1.71. The fourth-order valence-electron chi connectivity index (χ4n) is 4.00. The number of ether oxygens (including phenoxy) is 2. The molecule has 2 fully saturated rings. The van der Waals surface area contributed by atoms with Gasteiger partial charge in [-0.15, -0.1) is 0 Å². The van der Waals surface area contributed by atoms with Crippen molar-refractivity contribution in [2.24, 2.45) is 5.41 Å². The zero-order valence-corrected chi connectivity index (χ0v) is 15.4. The lowest BCUT2D eigenvalue weighted by Crippen LogP contribution is -2.48. The number of hydrogen-bond donors (Lipinski definition) is 0. The van der Waals surface area contributed by atoms with Crippen LogP contribution < -0.4 is 9.47 Å². The topological polar surface area (TPSA) is 42.0 Å². The van der Waals surface area contributed by atoms with Gasteiger partial charge >= 0.3 is 0 Å². The highest BCUT2D eigenvalue weighted by atomic mass is 35.5. The van der Waals surface area contributed by atoms with E-state index in [1.54, 1.807) is 14.2 Å². The van der Waals surface area contributed by atoms with E-state index in [0.29, 0.717) is 23.2 Å². The molecule has 0 unspecified atom stereocenters. The average Bonchev–Trinajstić information content (AvgIpc) is 2.98. The van der Waals surface area contributed by atoms with Gasteiger partial charge in [-0.3, -0.25) is 9.69 Å². The largest absolute Gasteiger partial charge is 0.497 e. The van der Waals surface area contributed by atoms with Crippen molar-refractivity contribution in [1.82, 2.24) is 9.80 Å². The van der Waals surface area contributed by atoms with E-state index in [1.165, 1.54) is 0 Å². The molecule has 0 radical (unpaired) electrons. The highest BCUT2D eigenvalue weighted by Gasteiger charge is 2.47. The number of methoxy groups -OCH3 is 2. The second-order valence-corrected chi connectivity index (χ2v) is 7.27. The van der Waals surface area contributed by atoms with Crippen molar-refractivity contribution in [3.8, 4) is 11.5 Å². The number of hydrogen-bond acceptors (Lipinski definition) is 4. The van der Waals surface area contributed by atoms with E-state index in [-0.39, 0.29) is 5.41 Å². The first-order valence-corrected chi connectivity index (χ1v) is 8.75. The Hall–Kier alpha value is -1.46. The van der Waals surface area contributed by atoms with Gasteiger partial charge < -0.3 is 14.4 Å². The van der Waals surface area contributed by atoms with Crippen LogP contribution in [0.25, 0.3) is 0 Å². The molecular formula is C18H25ClN2O3. The maximum atomic E-state index is 12.7. The van der Waals surface area contributed by atoms with Crippen LogP contribution in [0, 0.1) is 5.41 Å². The lowest BCUT2D eigenvalue weighted by molar-refractivity contribution is -0.143. The predicted octanol–water partition coefficient (Wildman–Crippen LogP) is 2.80. The summed E-state index contributed by atoms with van der Waals surface area (Å²) in [6, 6.07) is 3.66. The monoisotopic (exact) mass is 352 g/mol. The zero-order valence-electron chi connectivity index (χ0n) is 14.6. The van der Waals surface area contributed by atoms with Gasteiger partial charge in [0.1, 0.15) is 11.5 Å². The second-order valence-electron chi connectivity index (χ2n) is 6.86. The number of halogens is 1. The van der Waals surface area contributed by atoms with Gasteiger partial charge in [0.15, 0.2) is 0 Å². The molecule has 1 aromatic carbocycles. The van der Waals surface area contributed by atoms with E-state index in [2.05, 4.69) is 4.90 Å². The summed E-state index contributed by atoms with van der Waals surface area (Å²) >= 11 is 6.44. The molecule has 24 heavy (non-hydrogen) atoms. The van der Waals surface area contributed by atoms with Crippen molar-refractivity contribution in [1.29, 1.82) is 0 Å². The van der Waals surface area contributed by atoms with Crippen LogP contribution in [0.4, 0.5) is 0 Å². The molecule has 1 aromatic rings. The summed E-state index contributed by atoms with van der Waals surface area (Å²) in [6.45, 7) is 3.26. The summed E-state index contributed by atoms with van der Waals surface area (Å²) < 4.78 is 10.7. The minimum absolute atomic E-state index is 0.209. The number of carbonyl (C=O) groups is 1. The molecule has 0 aromatic heterocycles. The molecule has 0 N–H and O–H groups in total. The van der Waals surface area contributed by atoms with Gasteiger partial charge in [-0.2, -0.15) is 0 Å². The smallest absolute Gasteiger partial charge is 0.229 e. The third kappa shape index (κ3) is 3.07. The number of benzene rings is 1. The Morgan fingerprint density at radius 2 is 2.00 bits per heavy atom. The Morgan fingerprint density at radius 1 is 1.21 bits per heavy atom. The number of carbonyl (C=O) groups excluding carboxylic acids is 1. The number of nitrogens with zero attached hydrogens (tertiary/aromatic N) is 2. The van der Waals surface area contributed by atoms with Crippen molar-refractivity contribution in [3.63, 3.8) is 0 Å². The first-order chi connectivity index (χ1) is 11.5. The average molecular weight is 353 g/mol. The van der Waals surface area contributed by atoms with Crippen LogP contribution in [0.3, 0.4) is 0 Å². The zero-order chi connectivity index (χ0) is 17.3. The molecule has 2 aliphatic rings. The molecule has 132 valence electrons. The van der Waals surface area contributed by atoms with Crippen molar-refractivity contribution in [3.05, 3.63) is 22.7 Å². The molecule has 0 aliphatic carbocycles. The summed E-state index contributed by atoms with van der Waals surface area (Å²) in [7, 11) is 5.16. The summed E-state index contributed by atoms with van der Waals surface area (Å²) in [5, 5.41) is 0.638. The normalized spacial score (nSPS) is 24.7. The SMILES string of the molecule is COc1cc(Cl)c(CN2CC[C@]3(CCCN(C)C3=O)C2)c(OC)c1. The molecule has 1 amide bonds. The van der Waals surface area contributed by atoms with Crippen LogP contribution in [0.1, 0.15) is 24.8 Å². The quantitative estimate of drug-likeness (QED) is 0.835.